The Hall–Kier alpha value is -0.740. The standard InChI is InChI=1S/C10H10BrClO3/c1-2-8(10(13)14)15-9-4-3-6(11)5-7(9)12/h3-5,8H,2H2,1H3,(H,13,14). The number of hydrogen-bond donors (Lipinski definition) is 1. The van der Waals surface area contributed by atoms with Crippen molar-refractivity contribution in [2.45, 2.75) is 19.4 Å². The molecule has 1 unspecified atom stereocenters. The third kappa shape index (κ3) is 3.39. The molecule has 5 heteroatoms. The van der Waals surface area contributed by atoms with E-state index in [-0.39, 0.29) is 0 Å². The highest BCUT2D eigenvalue weighted by atomic mass is 79.9. The van der Waals surface area contributed by atoms with E-state index in [9.17, 15) is 4.79 Å². The predicted octanol–water partition coefficient (Wildman–Crippen LogP) is 3.34. The lowest BCUT2D eigenvalue weighted by Gasteiger charge is -2.14. The van der Waals surface area contributed by atoms with Crippen molar-refractivity contribution in [3.05, 3.63) is 27.7 Å². The first-order valence-electron chi connectivity index (χ1n) is 4.39. The summed E-state index contributed by atoms with van der Waals surface area (Å²) in [5.74, 6) is -0.606. The first-order valence-corrected chi connectivity index (χ1v) is 5.56. The Labute approximate surface area is 101 Å². The van der Waals surface area contributed by atoms with Crippen LogP contribution >= 0.6 is 27.5 Å². The second kappa shape index (κ2) is 5.37. The van der Waals surface area contributed by atoms with Gasteiger partial charge in [-0.15, -0.1) is 0 Å². The van der Waals surface area contributed by atoms with Gasteiger partial charge in [0.25, 0.3) is 0 Å². The third-order valence-corrected chi connectivity index (χ3v) is 2.60. The van der Waals surface area contributed by atoms with Crippen molar-refractivity contribution in [3.8, 4) is 5.75 Å². The summed E-state index contributed by atoms with van der Waals surface area (Å²) in [7, 11) is 0. The molecule has 1 aromatic carbocycles. The van der Waals surface area contributed by atoms with Gasteiger partial charge in [-0.25, -0.2) is 4.79 Å². The van der Waals surface area contributed by atoms with Crippen LogP contribution in [-0.4, -0.2) is 17.2 Å². The van der Waals surface area contributed by atoms with Crippen molar-refractivity contribution in [1.29, 1.82) is 0 Å². The SMILES string of the molecule is CCC(Oc1ccc(Br)cc1Cl)C(=O)O. The summed E-state index contributed by atoms with van der Waals surface area (Å²) in [6.07, 6.45) is -0.467. The van der Waals surface area contributed by atoms with Gasteiger partial charge in [-0.2, -0.15) is 0 Å². The van der Waals surface area contributed by atoms with Gasteiger partial charge in [-0.1, -0.05) is 34.5 Å². The number of carboxylic acids is 1. The molecule has 0 aliphatic carbocycles. The fourth-order valence-electron chi connectivity index (χ4n) is 1.03. The van der Waals surface area contributed by atoms with Crippen LogP contribution in [0, 0.1) is 0 Å². The van der Waals surface area contributed by atoms with Crippen LogP contribution in [0.25, 0.3) is 0 Å². The van der Waals surface area contributed by atoms with Gasteiger partial charge in [0.2, 0.25) is 0 Å². The molecule has 0 aliphatic rings. The Morgan fingerprint density at radius 3 is 2.80 bits per heavy atom. The van der Waals surface area contributed by atoms with Gasteiger partial charge < -0.3 is 9.84 Å². The maximum Gasteiger partial charge on any atom is 0.344 e. The van der Waals surface area contributed by atoms with Crippen LogP contribution in [0.15, 0.2) is 22.7 Å². The minimum absolute atomic E-state index is 0.383. The molecule has 0 saturated heterocycles. The molecule has 3 nitrogen and oxygen atoms in total. The number of benzene rings is 1. The van der Waals surface area contributed by atoms with Crippen LogP contribution in [0.1, 0.15) is 13.3 Å². The lowest BCUT2D eigenvalue weighted by atomic mass is 10.2. The molecule has 1 aromatic rings. The Kier molecular flexibility index (Phi) is 4.42. The molecule has 0 aromatic heterocycles. The van der Waals surface area contributed by atoms with Gasteiger partial charge in [-0.05, 0) is 24.6 Å². The minimum Gasteiger partial charge on any atom is -0.479 e. The quantitative estimate of drug-likeness (QED) is 0.926. The van der Waals surface area contributed by atoms with Crippen LogP contribution in [0.5, 0.6) is 5.75 Å². The van der Waals surface area contributed by atoms with Crippen molar-refractivity contribution < 1.29 is 14.6 Å². The molecular formula is C10H10BrClO3. The van der Waals surface area contributed by atoms with Crippen LogP contribution < -0.4 is 4.74 Å². The normalized spacial score (nSPS) is 12.2. The molecule has 0 radical (unpaired) electrons. The van der Waals surface area contributed by atoms with E-state index in [2.05, 4.69) is 15.9 Å². The highest BCUT2D eigenvalue weighted by Gasteiger charge is 2.17. The lowest BCUT2D eigenvalue weighted by molar-refractivity contribution is -0.145. The second-order valence-electron chi connectivity index (χ2n) is 2.93. The van der Waals surface area contributed by atoms with E-state index in [4.69, 9.17) is 21.4 Å². The zero-order valence-corrected chi connectivity index (χ0v) is 10.4. The highest BCUT2D eigenvalue weighted by Crippen LogP contribution is 2.28. The number of ether oxygens (including phenoxy) is 1. The number of carbonyl (C=O) groups is 1. The zero-order chi connectivity index (χ0) is 11.4. The zero-order valence-electron chi connectivity index (χ0n) is 8.04. The maximum absolute atomic E-state index is 10.7. The summed E-state index contributed by atoms with van der Waals surface area (Å²) in [5.41, 5.74) is 0. The summed E-state index contributed by atoms with van der Waals surface area (Å²) in [4.78, 5) is 10.7. The molecule has 0 bridgehead atoms. The Morgan fingerprint density at radius 1 is 1.67 bits per heavy atom. The van der Waals surface area contributed by atoms with Gasteiger partial charge in [0.1, 0.15) is 5.75 Å². The van der Waals surface area contributed by atoms with Gasteiger partial charge in [0, 0.05) is 4.47 Å². The van der Waals surface area contributed by atoms with Crippen molar-refractivity contribution >= 4 is 33.5 Å². The third-order valence-electron chi connectivity index (χ3n) is 1.81. The molecule has 0 amide bonds. The molecule has 15 heavy (non-hydrogen) atoms. The van der Waals surface area contributed by atoms with Gasteiger partial charge in [0.05, 0.1) is 5.02 Å². The average molecular weight is 294 g/mol. The molecule has 1 rings (SSSR count). The molecule has 0 spiro atoms. The van der Waals surface area contributed by atoms with Gasteiger partial charge in [0.15, 0.2) is 6.10 Å². The highest BCUT2D eigenvalue weighted by molar-refractivity contribution is 9.10. The fourth-order valence-corrected chi connectivity index (χ4v) is 1.75. The monoisotopic (exact) mass is 292 g/mol. The summed E-state index contributed by atoms with van der Waals surface area (Å²) in [6.45, 7) is 1.74. The Bertz CT molecular complexity index is 368. The largest absolute Gasteiger partial charge is 0.479 e. The number of hydrogen-bond acceptors (Lipinski definition) is 2. The molecule has 0 heterocycles. The van der Waals surface area contributed by atoms with E-state index in [1.54, 1.807) is 25.1 Å². The Morgan fingerprint density at radius 2 is 2.33 bits per heavy atom. The molecule has 0 aliphatic heterocycles. The number of halogens is 2. The van der Waals surface area contributed by atoms with E-state index in [0.717, 1.165) is 4.47 Å². The van der Waals surface area contributed by atoms with E-state index < -0.39 is 12.1 Å². The molecule has 0 fully saturated rings. The van der Waals surface area contributed by atoms with E-state index in [0.29, 0.717) is 17.2 Å². The minimum atomic E-state index is -0.989. The van der Waals surface area contributed by atoms with Crippen molar-refractivity contribution in [2.24, 2.45) is 0 Å². The summed E-state index contributed by atoms with van der Waals surface area (Å²) < 4.78 is 6.08. The predicted molar refractivity (Wildman–Crippen MR) is 61.5 cm³/mol. The van der Waals surface area contributed by atoms with Crippen LogP contribution in [0.2, 0.25) is 5.02 Å². The summed E-state index contributed by atoms with van der Waals surface area (Å²) in [5, 5.41) is 9.20. The Balaban J connectivity index is 2.84. The molecule has 0 saturated carbocycles. The number of carboxylic acid groups (broad SMARTS) is 1. The average Bonchev–Trinajstić information content (AvgIpc) is 2.16. The van der Waals surface area contributed by atoms with Crippen LogP contribution in [-0.2, 0) is 4.79 Å². The molecular weight excluding hydrogens is 283 g/mol. The second-order valence-corrected chi connectivity index (χ2v) is 4.25. The summed E-state index contributed by atoms with van der Waals surface area (Å²) >= 11 is 9.14. The van der Waals surface area contributed by atoms with Crippen molar-refractivity contribution in [1.82, 2.24) is 0 Å². The van der Waals surface area contributed by atoms with E-state index in [1.807, 2.05) is 0 Å². The number of rotatable bonds is 4. The van der Waals surface area contributed by atoms with Gasteiger partial charge in [-0.3, -0.25) is 0 Å². The van der Waals surface area contributed by atoms with Crippen LogP contribution in [0.4, 0.5) is 0 Å². The first kappa shape index (κ1) is 12.3. The van der Waals surface area contributed by atoms with E-state index >= 15 is 0 Å². The lowest BCUT2D eigenvalue weighted by Crippen LogP contribution is -2.25. The maximum atomic E-state index is 10.7. The molecule has 1 N–H and O–H groups in total. The molecule has 82 valence electrons. The van der Waals surface area contributed by atoms with E-state index in [1.165, 1.54) is 0 Å². The van der Waals surface area contributed by atoms with Gasteiger partial charge >= 0.3 is 5.97 Å². The first-order chi connectivity index (χ1) is 7.04. The topological polar surface area (TPSA) is 46.5 Å². The molecule has 1 atom stereocenters. The van der Waals surface area contributed by atoms with Crippen molar-refractivity contribution in [2.75, 3.05) is 0 Å². The van der Waals surface area contributed by atoms with Crippen LogP contribution in [0.3, 0.4) is 0 Å². The summed E-state index contributed by atoms with van der Waals surface area (Å²) in [6, 6.07) is 5.04. The fraction of sp³-hybridized carbons (Fsp3) is 0.300. The van der Waals surface area contributed by atoms with Crippen molar-refractivity contribution in [3.63, 3.8) is 0 Å². The number of aliphatic carboxylic acids is 1. The smallest absolute Gasteiger partial charge is 0.344 e.